The second kappa shape index (κ2) is 25.3. The first-order chi connectivity index (χ1) is 41.2. The lowest BCUT2D eigenvalue weighted by Gasteiger charge is -2.62. The highest BCUT2D eigenvalue weighted by Gasteiger charge is 2.75. The molecule has 9 rings (SSSR count). The van der Waals surface area contributed by atoms with Gasteiger partial charge in [-0.3, -0.25) is 38.4 Å². The normalized spacial score (nSPS) is 24.4. The summed E-state index contributed by atoms with van der Waals surface area (Å²) in [4.78, 5) is 109. The third-order valence-corrected chi connectivity index (χ3v) is 19.3. The average molecular weight is 1240 g/mol. The van der Waals surface area contributed by atoms with E-state index in [4.69, 9.17) is 12.2 Å². The molecule has 5 aromatic heterocycles. The molecule has 0 aliphatic heterocycles. The number of thioether (sulfide) groups is 1. The van der Waals surface area contributed by atoms with Crippen molar-refractivity contribution in [3.05, 3.63) is 114 Å². The van der Waals surface area contributed by atoms with Crippen molar-refractivity contribution in [1.82, 2.24) is 49.1 Å². The van der Waals surface area contributed by atoms with Gasteiger partial charge in [0.2, 0.25) is 5.91 Å². The minimum absolute atomic E-state index is 0.0162. The van der Waals surface area contributed by atoms with Crippen LogP contribution in [-0.4, -0.2) is 145 Å². The van der Waals surface area contributed by atoms with Gasteiger partial charge in [-0.15, -0.1) is 0 Å². The Hall–Kier alpha value is -8.14. The monoisotopic (exact) mass is 1230 g/mol. The highest BCUT2D eigenvalue weighted by molar-refractivity contribution is 8.00. The molecule has 0 radical (unpaired) electrons. The number of Topliss-reactive ketones (excluding diaryl/α,β-unsaturated/α-hetero) is 1. The van der Waals surface area contributed by atoms with E-state index in [2.05, 4.69) is 47.5 Å². The van der Waals surface area contributed by atoms with Crippen molar-refractivity contribution in [3.8, 4) is 0 Å². The highest BCUT2D eigenvalue weighted by Crippen LogP contribution is 2.70. The molecule has 0 saturated heterocycles. The molecule has 4 aliphatic rings. The number of amides is 6. The van der Waals surface area contributed by atoms with Gasteiger partial charge in [0.25, 0.3) is 29.5 Å². The summed E-state index contributed by atoms with van der Waals surface area (Å²) in [5.41, 5.74) is -3.02. The molecule has 3 fully saturated rings. The molecular weight excluding hydrogens is 1160 g/mol. The number of thiocarbonyl (C=S) groups is 1. The number of ketones is 2. The fourth-order valence-electron chi connectivity index (χ4n) is 13.5. The molecule has 24 nitrogen and oxygen atoms in total. The van der Waals surface area contributed by atoms with Crippen molar-refractivity contribution in [2.45, 2.75) is 76.7 Å². The minimum Gasteiger partial charge on any atom is -0.390 e. The Morgan fingerprint density at radius 3 is 1.78 bits per heavy atom. The molecule has 8 atom stereocenters. The zero-order chi connectivity index (χ0) is 62.9. The van der Waals surface area contributed by atoms with Crippen molar-refractivity contribution >= 4 is 98.9 Å². The van der Waals surface area contributed by atoms with Crippen LogP contribution in [0.1, 0.15) is 112 Å². The number of rotatable bonds is 22. The molecule has 0 spiro atoms. The molecule has 464 valence electrons. The number of nitrogens with zero attached hydrogens (tertiary/aromatic N) is 6. The fraction of sp³-hybridized carbons (Fsp3) is 0.467. The number of halogens is 1. The van der Waals surface area contributed by atoms with Crippen molar-refractivity contribution in [1.29, 1.82) is 0 Å². The van der Waals surface area contributed by atoms with Crippen LogP contribution in [0.3, 0.4) is 0 Å². The molecule has 5 heterocycles. The number of carbonyl (C=O) groups excluding carboxylic acids is 8. The summed E-state index contributed by atoms with van der Waals surface area (Å²) < 4.78 is 25.4. The summed E-state index contributed by atoms with van der Waals surface area (Å²) in [7, 11) is 8.30. The van der Waals surface area contributed by atoms with Gasteiger partial charge in [-0.25, -0.2) is 9.37 Å². The number of aryl methyl sites for hydroxylation is 5. The van der Waals surface area contributed by atoms with Gasteiger partial charge in [-0.1, -0.05) is 25.5 Å². The third kappa shape index (κ3) is 12.4. The topological polar surface area (TPSA) is 311 Å². The van der Waals surface area contributed by atoms with Crippen LogP contribution in [0.25, 0.3) is 0 Å². The lowest BCUT2D eigenvalue weighted by atomic mass is 9.44. The molecule has 0 bridgehead atoms. The molecule has 5 aromatic rings. The lowest BCUT2D eigenvalue weighted by Crippen LogP contribution is -2.69. The van der Waals surface area contributed by atoms with E-state index in [1.54, 1.807) is 92.9 Å². The smallest absolute Gasteiger partial charge is 0.287 e. The minimum atomic E-state index is -2.05. The van der Waals surface area contributed by atoms with E-state index in [1.807, 2.05) is 13.8 Å². The molecule has 3 saturated carbocycles. The number of nitrogens with one attached hydrogen (secondary N) is 8. The highest BCUT2D eigenvalue weighted by atomic mass is 32.2. The van der Waals surface area contributed by atoms with Crippen LogP contribution in [0.15, 0.2) is 85.2 Å². The predicted octanol–water partition coefficient (Wildman–Crippen LogP) is 4.52. The number of hydrogen-bond donors (Lipinski definition) is 10. The zero-order valence-corrected chi connectivity index (χ0v) is 51.5. The summed E-state index contributed by atoms with van der Waals surface area (Å²) in [5, 5.41) is 47.2. The molecule has 27 heteroatoms. The number of fused-ring (bicyclic) bond motifs is 5. The van der Waals surface area contributed by atoms with Crippen LogP contribution in [0.2, 0.25) is 0 Å². The molecule has 10 N–H and O–H groups in total. The Kier molecular flexibility index (Phi) is 18.4. The second-order valence-electron chi connectivity index (χ2n) is 23.6. The maximum Gasteiger partial charge on any atom is 0.287 e. The van der Waals surface area contributed by atoms with Gasteiger partial charge in [-0.05, 0) is 99.5 Å². The van der Waals surface area contributed by atoms with Crippen molar-refractivity contribution in [3.63, 3.8) is 0 Å². The first kappa shape index (κ1) is 63.4. The van der Waals surface area contributed by atoms with Gasteiger partial charge in [0.15, 0.2) is 28.2 Å². The van der Waals surface area contributed by atoms with Crippen molar-refractivity contribution in [2.24, 2.45) is 63.8 Å². The van der Waals surface area contributed by atoms with E-state index in [0.717, 1.165) is 0 Å². The van der Waals surface area contributed by atoms with Gasteiger partial charge < -0.3 is 75.6 Å². The van der Waals surface area contributed by atoms with E-state index in [-0.39, 0.29) is 96.1 Å². The fourth-order valence-corrected chi connectivity index (χ4v) is 14.5. The van der Waals surface area contributed by atoms with Crippen LogP contribution >= 0.6 is 24.0 Å². The number of allylic oxidation sites excluding steroid dienone is 4. The first-order valence-electron chi connectivity index (χ1n) is 28.8. The van der Waals surface area contributed by atoms with Crippen molar-refractivity contribution < 1.29 is 53.0 Å². The van der Waals surface area contributed by atoms with E-state index in [1.165, 1.54) is 63.5 Å². The van der Waals surface area contributed by atoms with E-state index >= 15 is 4.39 Å². The van der Waals surface area contributed by atoms with Gasteiger partial charge in [0.1, 0.15) is 28.4 Å². The average Bonchev–Trinajstić information content (AvgIpc) is 1.68. The van der Waals surface area contributed by atoms with Crippen LogP contribution in [0, 0.1) is 28.6 Å². The number of anilines is 4. The number of alkyl halides is 1. The summed E-state index contributed by atoms with van der Waals surface area (Å²) in [6.07, 6.45) is 14.3. The largest absolute Gasteiger partial charge is 0.390 e. The van der Waals surface area contributed by atoms with Crippen LogP contribution in [0.4, 0.5) is 27.1 Å². The summed E-state index contributed by atoms with van der Waals surface area (Å²) in [6.45, 7) is 6.57. The third-order valence-electron chi connectivity index (χ3n) is 18.0. The molecule has 0 unspecified atom stereocenters. The van der Waals surface area contributed by atoms with E-state index < -0.39 is 63.7 Å². The van der Waals surface area contributed by atoms with Crippen molar-refractivity contribution in [2.75, 3.05) is 59.0 Å². The Labute approximate surface area is 511 Å². The summed E-state index contributed by atoms with van der Waals surface area (Å²) in [5.74, 6) is -3.74. The number of aliphatic hydroxyl groups excluding tert-OH is 1. The molecular formula is C60H75FN14O10S2. The number of aromatic nitrogens is 6. The summed E-state index contributed by atoms with van der Waals surface area (Å²) >= 11 is 6.78. The second-order valence-corrected chi connectivity index (χ2v) is 25.1. The lowest BCUT2D eigenvalue weighted by molar-refractivity contribution is -0.218. The molecule has 4 aliphatic carbocycles. The van der Waals surface area contributed by atoms with Gasteiger partial charge >= 0.3 is 0 Å². The van der Waals surface area contributed by atoms with Crippen LogP contribution in [-0.2, 0) is 49.6 Å². The Morgan fingerprint density at radius 1 is 0.713 bits per heavy atom. The van der Waals surface area contributed by atoms with Crippen LogP contribution in [0.5, 0.6) is 0 Å². The number of hydrogen-bond acceptors (Lipinski definition) is 13. The maximum absolute atomic E-state index is 17.6. The number of aliphatic hydroxyl groups is 2. The number of imidazole rings is 1. The molecule has 87 heavy (non-hydrogen) atoms. The Balaban J connectivity index is 0.671. The van der Waals surface area contributed by atoms with Crippen LogP contribution < -0.4 is 42.5 Å². The SMILES string of the molecule is C[C@H]1C[C@@H]2[C@H]3CCC4=CC(=O)C=C[C@@]4(C)[C@]3(F)[C@H](O)C[C@@]2(C)[C@]1(O)C(=O)CSCCNC(=S)NCCNC(=O)c1cc(NC(=O)c2cc(NC(=O)c3cc(NC(=O)c4cc(NC(=O)CCCNC(=O)c5nccn5C)cn4C)cn3C)cn2C)cn1C. The Morgan fingerprint density at radius 2 is 1.23 bits per heavy atom. The number of carbonyl (C=O) groups is 8. The quantitative estimate of drug-likeness (QED) is 0.0337. The van der Waals surface area contributed by atoms with E-state index in [9.17, 15) is 48.6 Å². The zero-order valence-electron chi connectivity index (χ0n) is 49.8. The predicted molar refractivity (Wildman–Crippen MR) is 330 cm³/mol. The molecule has 6 amide bonds. The summed E-state index contributed by atoms with van der Waals surface area (Å²) in [6, 6.07) is 6.05. The van der Waals surface area contributed by atoms with Gasteiger partial charge in [0, 0.05) is 128 Å². The maximum atomic E-state index is 17.6. The van der Waals surface area contributed by atoms with Gasteiger partial charge in [0.05, 0.1) is 34.6 Å². The molecule has 0 aromatic carbocycles. The standard InChI is InChI=1S/C60H75FN14O10S2/c1-34-22-42-41-12-11-35-23-40(76)13-14-57(35,2)59(41,61)47(77)28-58(42,3)60(34,85)48(78)33-87-21-19-66-56(86)65-17-16-64-51(80)43-25-37(30-72(43)5)68-53(82)45-27-39(32-74(45)7)70-54(83)46-26-38(31-75(46)8)69-52(81)44-24-36(29-73(44)6)67-49(79)10-9-15-63-55(84)50-62-18-20-71(50)4/h13-14,18,20,23-27,29-32,34,41-42,47,77,85H,9-12,15-17,19,21-22,28,33H2,1-8H3,(H,63,84)(H,64,80)(H,67,79)(H,68,82)(H,69,81)(H,70,83)(H2,65,66,86)/t34-,41+,42+,47+,57+,58+,59+,60+/m0/s1. The first-order valence-corrected chi connectivity index (χ1v) is 30.3. The Bertz CT molecular complexity index is 3630. The van der Waals surface area contributed by atoms with E-state index in [0.29, 0.717) is 71.4 Å². The van der Waals surface area contributed by atoms with Gasteiger partial charge in [-0.2, -0.15) is 11.8 Å².